The number of benzene rings is 1. The third kappa shape index (κ3) is 4.06. The van der Waals surface area contributed by atoms with Crippen LogP contribution in [0.15, 0.2) is 18.2 Å². The molecule has 0 aliphatic heterocycles. The molecule has 1 aromatic heterocycles. The molecule has 0 radical (unpaired) electrons. The molecule has 0 fully saturated rings. The monoisotopic (exact) mass is 328 g/mol. The summed E-state index contributed by atoms with van der Waals surface area (Å²) in [5, 5.41) is 13.3. The van der Waals surface area contributed by atoms with E-state index in [0.29, 0.717) is 17.5 Å². The van der Waals surface area contributed by atoms with Gasteiger partial charge in [-0.3, -0.25) is 0 Å². The number of hydrogen-bond donors (Lipinski definition) is 2. The summed E-state index contributed by atoms with van der Waals surface area (Å²) in [6.07, 6.45) is 0.999. The quantitative estimate of drug-likeness (QED) is 0.799. The summed E-state index contributed by atoms with van der Waals surface area (Å²) in [7, 11) is 0. The van der Waals surface area contributed by atoms with Gasteiger partial charge in [-0.2, -0.15) is 0 Å². The second-order valence-electron chi connectivity index (χ2n) is 6.54. The number of aromatic nitrogens is 1. The lowest BCUT2D eigenvalue weighted by Gasteiger charge is -2.20. The average Bonchev–Trinajstić information content (AvgIpc) is 2.50. The number of nitrogens with zero attached hydrogens (tertiary/aromatic N) is 1. The maximum Gasteiger partial charge on any atom is 0.227 e. The third-order valence-corrected chi connectivity index (χ3v) is 4.19. The van der Waals surface area contributed by atoms with Crippen molar-refractivity contribution in [2.24, 2.45) is 0 Å². The molecule has 0 saturated carbocycles. The highest BCUT2D eigenvalue weighted by Crippen LogP contribution is 2.34. The van der Waals surface area contributed by atoms with E-state index in [2.05, 4.69) is 43.2 Å². The molecule has 0 amide bonds. The lowest BCUT2D eigenvalue weighted by Crippen LogP contribution is -2.16. The lowest BCUT2D eigenvalue weighted by molar-refractivity contribution is 0.275. The molecule has 1 aromatic carbocycles. The number of aliphatic hydroxyl groups is 1. The number of hydrogen-bond acceptors (Lipinski definition) is 4. The van der Waals surface area contributed by atoms with Crippen molar-refractivity contribution in [3.05, 3.63) is 46.1 Å². The molecular formula is C20H28N2O2. The maximum absolute atomic E-state index is 9.88. The molecule has 1 heterocycles. The normalized spacial score (nSPS) is 12.1. The van der Waals surface area contributed by atoms with Crippen LogP contribution in [0.1, 0.15) is 48.2 Å². The average molecular weight is 328 g/mol. The van der Waals surface area contributed by atoms with E-state index >= 15 is 0 Å². The van der Waals surface area contributed by atoms with Crippen LogP contribution in [0.3, 0.4) is 0 Å². The Morgan fingerprint density at radius 2 is 1.75 bits per heavy atom. The van der Waals surface area contributed by atoms with Gasteiger partial charge in [0.05, 0.1) is 12.2 Å². The molecule has 0 spiro atoms. The van der Waals surface area contributed by atoms with Crippen LogP contribution in [0, 0.1) is 27.7 Å². The van der Waals surface area contributed by atoms with Crippen molar-refractivity contribution in [1.29, 1.82) is 0 Å². The summed E-state index contributed by atoms with van der Waals surface area (Å²) in [6, 6.07) is 6.46. The first-order valence-corrected chi connectivity index (χ1v) is 8.49. The maximum atomic E-state index is 9.88. The highest BCUT2D eigenvalue weighted by Gasteiger charge is 2.16. The van der Waals surface area contributed by atoms with Gasteiger partial charge in [0.15, 0.2) is 0 Å². The first-order valence-electron chi connectivity index (χ1n) is 8.49. The van der Waals surface area contributed by atoms with Gasteiger partial charge in [0.2, 0.25) is 5.88 Å². The minimum Gasteiger partial charge on any atom is -0.438 e. The molecule has 0 bridgehead atoms. The molecule has 2 N–H and O–H groups in total. The lowest BCUT2D eigenvalue weighted by atomic mass is 10.1. The van der Waals surface area contributed by atoms with Gasteiger partial charge in [-0.15, -0.1) is 0 Å². The van der Waals surface area contributed by atoms with Crippen LogP contribution in [-0.4, -0.2) is 16.1 Å². The largest absolute Gasteiger partial charge is 0.438 e. The number of aliphatic hydroxyl groups excluding tert-OH is 1. The van der Waals surface area contributed by atoms with E-state index in [1.807, 2.05) is 26.8 Å². The first kappa shape index (κ1) is 18.3. The van der Waals surface area contributed by atoms with Gasteiger partial charge in [-0.25, -0.2) is 4.98 Å². The molecular weight excluding hydrogens is 300 g/mol. The Bertz CT molecular complexity index is 703. The molecule has 2 aromatic rings. The predicted molar refractivity (Wildman–Crippen MR) is 99.0 cm³/mol. The highest BCUT2D eigenvalue weighted by atomic mass is 16.5. The number of aryl methyl sites for hydroxylation is 4. The summed E-state index contributed by atoms with van der Waals surface area (Å²) in [5.74, 6) is 1.28. The second-order valence-corrected chi connectivity index (χ2v) is 6.54. The summed E-state index contributed by atoms with van der Waals surface area (Å²) < 4.78 is 6.14. The summed E-state index contributed by atoms with van der Waals surface area (Å²) in [5.41, 5.74) is 5.77. The standard InChI is InChI=1S/C20H28N2O2/c1-7-15(5)21-18-10-16(6)22-20(17(18)11-23)24-19-13(3)8-12(2)9-14(19)4/h8-10,15,23H,7,11H2,1-6H3,(H,21,22). The van der Waals surface area contributed by atoms with E-state index < -0.39 is 0 Å². The minimum atomic E-state index is -0.120. The molecule has 2 rings (SSSR count). The van der Waals surface area contributed by atoms with Crippen LogP contribution in [-0.2, 0) is 6.61 Å². The van der Waals surface area contributed by atoms with Crippen molar-refractivity contribution < 1.29 is 9.84 Å². The molecule has 1 atom stereocenters. The number of nitrogens with one attached hydrogen (secondary N) is 1. The zero-order valence-corrected chi connectivity index (χ0v) is 15.5. The minimum absolute atomic E-state index is 0.120. The molecule has 4 heteroatoms. The fraction of sp³-hybridized carbons (Fsp3) is 0.450. The number of rotatable bonds is 6. The highest BCUT2D eigenvalue weighted by molar-refractivity contribution is 5.58. The molecule has 0 saturated heterocycles. The molecule has 0 aliphatic carbocycles. The Labute approximate surface area is 144 Å². The van der Waals surface area contributed by atoms with Crippen molar-refractivity contribution >= 4 is 5.69 Å². The van der Waals surface area contributed by atoms with Gasteiger partial charge in [-0.1, -0.05) is 24.6 Å². The number of ether oxygens (including phenoxy) is 1. The zero-order chi connectivity index (χ0) is 17.9. The summed E-state index contributed by atoms with van der Waals surface area (Å²) in [4.78, 5) is 4.52. The SMILES string of the molecule is CCC(C)Nc1cc(C)nc(Oc2c(C)cc(C)cc2C)c1CO. The Balaban J connectivity index is 2.47. The van der Waals surface area contributed by atoms with Gasteiger partial charge in [0.1, 0.15) is 5.75 Å². The fourth-order valence-corrected chi connectivity index (χ4v) is 2.83. The molecule has 0 aliphatic rings. The Hall–Kier alpha value is -2.07. The van der Waals surface area contributed by atoms with Crippen LogP contribution in [0.2, 0.25) is 0 Å². The van der Waals surface area contributed by atoms with Crippen LogP contribution in [0.4, 0.5) is 5.69 Å². The van der Waals surface area contributed by atoms with Crippen molar-refractivity contribution in [2.45, 2.75) is 60.6 Å². The Morgan fingerprint density at radius 3 is 2.29 bits per heavy atom. The number of anilines is 1. The molecule has 130 valence electrons. The van der Waals surface area contributed by atoms with E-state index in [1.54, 1.807) is 0 Å². The van der Waals surface area contributed by atoms with Crippen molar-refractivity contribution in [3.63, 3.8) is 0 Å². The van der Waals surface area contributed by atoms with Crippen LogP contribution < -0.4 is 10.1 Å². The van der Waals surface area contributed by atoms with E-state index in [0.717, 1.165) is 34.7 Å². The van der Waals surface area contributed by atoms with Crippen molar-refractivity contribution in [2.75, 3.05) is 5.32 Å². The summed E-state index contributed by atoms with van der Waals surface area (Å²) >= 11 is 0. The van der Waals surface area contributed by atoms with Gasteiger partial charge in [0, 0.05) is 17.4 Å². The topological polar surface area (TPSA) is 54.4 Å². The molecule has 4 nitrogen and oxygen atoms in total. The second kappa shape index (κ2) is 7.67. The predicted octanol–water partition coefficient (Wildman–Crippen LogP) is 4.81. The molecule has 24 heavy (non-hydrogen) atoms. The molecule has 1 unspecified atom stereocenters. The van der Waals surface area contributed by atoms with Crippen molar-refractivity contribution in [3.8, 4) is 11.6 Å². The van der Waals surface area contributed by atoms with E-state index in [-0.39, 0.29) is 6.61 Å². The Kier molecular flexibility index (Phi) is 5.84. The van der Waals surface area contributed by atoms with Gasteiger partial charge < -0.3 is 15.2 Å². The Morgan fingerprint density at radius 1 is 1.12 bits per heavy atom. The van der Waals surface area contributed by atoms with Crippen molar-refractivity contribution in [1.82, 2.24) is 4.98 Å². The fourth-order valence-electron chi connectivity index (χ4n) is 2.83. The first-order chi connectivity index (χ1) is 11.3. The van der Waals surface area contributed by atoms with E-state index in [9.17, 15) is 5.11 Å². The van der Waals surface area contributed by atoms with E-state index in [4.69, 9.17) is 4.74 Å². The van der Waals surface area contributed by atoms with Gasteiger partial charge in [-0.05, 0) is 58.2 Å². The smallest absolute Gasteiger partial charge is 0.227 e. The summed E-state index contributed by atoms with van der Waals surface area (Å²) in [6.45, 7) is 12.2. The third-order valence-electron chi connectivity index (χ3n) is 4.19. The van der Waals surface area contributed by atoms with Crippen LogP contribution in [0.25, 0.3) is 0 Å². The van der Waals surface area contributed by atoms with Crippen LogP contribution in [0.5, 0.6) is 11.6 Å². The zero-order valence-electron chi connectivity index (χ0n) is 15.5. The number of pyridine rings is 1. The van der Waals surface area contributed by atoms with E-state index in [1.165, 1.54) is 5.56 Å². The van der Waals surface area contributed by atoms with Gasteiger partial charge in [0.25, 0.3) is 0 Å². The van der Waals surface area contributed by atoms with Crippen LogP contribution >= 0.6 is 0 Å². The van der Waals surface area contributed by atoms with Gasteiger partial charge >= 0.3 is 0 Å².